The number of hydrogen-bond acceptors (Lipinski definition) is 3. The third-order valence-corrected chi connectivity index (χ3v) is 5.17. The Morgan fingerprint density at radius 2 is 1.86 bits per heavy atom. The van der Waals surface area contributed by atoms with Gasteiger partial charge in [0, 0.05) is 5.92 Å². The highest BCUT2D eigenvalue weighted by Crippen LogP contribution is 2.41. The highest BCUT2D eigenvalue weighted by atomic mass is 35.5. The summed E-state index contributed by atoms with van der Waals surface area (Å²) in [5, 5.41) is 2.24. The summed E-state index contributed by atoms with van der Waals surface area (Å²) >= 11 is 5.64. The Morgan fingerprint density at radius 3 is 2.45 bits per heavy atom. The summed E-state index contributed by atoms with van der Waals surface area (Å²) in [4.78, 5) is -0.515. The van der Waals surface area contributed by atoms with Crippen LogP contribution in [-0.4, -0.2) is 14.3 Å². The van der Waals surface area contributed by atoms with E-state index in [1.54, 1.807) is 0 Å². The molecular formula is C13H10ClF3N2O2S. The minimum absolute atomic E-state index is 0.0231. The van der Waals surface area contributed by atoms with Gasteiger partial charge in [-0.3, -0.25) is 0 Å². The van der Waals surface area contributed by atoms with Gasteiger partial charge in [0.25, 0.3) is 10.0 Å². The van der Waals surface area contributed by atoms with E-state index in [0.717, 1.165) is 6.07 Å². The summed E-state index contributed by atoms with van der Waals surface area (Å²) < 4.78 is 66.5. The number of alkyl halides is 3. The lowest BCUT2D eigenvalue weighted by atomic mass is 10.1. The molecule has 0 aromatic heterocycles. The first-order valence-electron chi connectivity index (χ1n) is 6.36. The van der Waals surface area contributed by atoms with Gasteiger partial charge in [0.2, 0.25) is 0 Å². The first-order chi connectivity index (χ1) is 10.2. The van der Waals surface area contributed by atoms with Crippen LogP contribution in [0.25, 0.3) is 0 Å². The minimum Gasteiger partial charge on any atom is -0.342 e. The number of halogens is 4. The molecule has 1 aromatic rings. The molecule has 1 N–H and O–H groups in total. The number of allylic oxidation sites excluding steroid dienone is 2. The Labute approximate surface area is 129 Å². The molecule has 0 fully saturated rings. The van der Waals surface area contributed by atoms with Crippen molar-refractivity contribution in [1.82, 2.24) is 0 Å². The Balaban J connectivity index is 2.10. The maximum atomic E-state index is 12.8. The van der Waals surface area contributed by atoms with Crippen molar-refractivity contribution in [3.63, 3.8) is 0 Å². The van der Waals surface area contributed by atoms with Crippen molar-refractivity contribution in [2.75, 3.05) is 5.32 Å². The van der Waals surface area contributed by atoms with Gasteiger partial charge in [0.1, 0.15) is 10.7 Å². The van der Waals surface area contributed by atoms with Crippen LogP contribution in [0.15, 0.2) is 33.6 Å². The number of nitrogens with one attached hydrogen (secondary N) is 1. The fraction of sp³-hybridized carbons (Fsp3) is 0.308. The number of rotatable bonds is 1. The lowest BCUT2D eigenvalue weighted by Crippen LogP contribution is -2.28. The first kappa shape index (κ1) is 15.4. The molecule has 22 heavy (non-hydrogen) atoms. The van der Waals surface area contributed by atoms with Crippen LogP contribution < -0.4 is 5.32 Å². The van der Waals surface area contributed by atoms with Gasteiger partial charge in [0.15, 0.2) is 0 Å². The number of amidine groups is 1. The number of nitrogens with zero attached hydrogens (tertiary/aromatic N) is 1. The molecule has 0 bridgehead atoms. The van der Waals surface area contributed by atoms with Crippen LogP contribution in [0.3, 0.4) is 0 Å². The molecule has 0 spiro atoms. The lowest BCUT2D eigenvalue weighted by Gasteiger charge is -2.23. The molecule has 1 aliphatic heterocycles. The summed E-state index contributed by atoms with van der Waals surface area (Å²) in [5.41, 5.74) is -1.17. The summed E-state index contributed by atoms with van der Waals surface area (Å²) in [6, 6.07) is 1.50. The lowest BCUT2D eigenvalue weighted by molar-refractivity contribution is -0.137. The van der Waals surface area contributed by atoms with E-state index in [0.29, 0.717) is 18.9 Å². The molecule has 1 heterocycles. The van der Waals surface area contributed by atoms with Gasteiger partial charge in [-0.05, 0) is 25.0 Å². The van der Waals surface area contributed by atoms with Crippen molar-refractivity contribution >= 4 is 33.1 Å². The molecule has 0 atom stereocenters. The molecule has 4 nitrogen and oxygen atoms in total. The maximum Gasteiger partial charge on any atom is 0.417 e. The molecule has 9 heteroatoms. The van der Waals surface area contributed by atoms with Crippen LogP contribution in [0.1, 0.15) is 18.4 Å². The van der Waals surface area contributed by atoms with Gasteiger partial charge in [-0.15, -0.1) is 4.40 Å². The summed E-state index contributed by atoms with van der Waals surface area (Å²) in [6.45, 7) is 0. The first-order valence-corrected chi connectivity index (χ1v) is 8.18. The molecule has 0 amide bonds. The van der Waals surface area contributed by atoms with Crippen molar-refractivity contribution in [1.29, 1.82) is 0 Å². The van der Waals surface area contributed by atoms with Crippen molar-refractivity contribution in [2.45, 2.75) is 23.9 Å². The Hall–Kier alpha value is -1.54. The molecule has 3 rings (SSSR count). The number of sulfonamides is 1. The Kier molecular flexibility index (Phi) is 3.48. The minimum atomic E-state index is -4.74. The Morgan fingerprint density at radius 1 is 1.23 bits per heavy atom. The predicted molar refractivity (Wildman–Crippen MR) is 76.6 cm³/mol. The van der Waals surface area contributed by atoms with E-state index in [2.05, 4.69) is 9.71 Å². The third kappa shape index (κ3) is 2.61. The molecular weight excluding hydrogens is 341 g/mol. The van der Waals surface area contributed by atoms with E-state index < -0.39 is 31.7 Å². The second kappa shape index (κ2) is 4.99. The summed E-state index contributed by atoms with van der Waals surface area (Å²) in [7, 11) is -4.19. The van der Waals surface area contributed by atoms with Crippen molar-refractivity contribution in [3.8, 4) is 0 Å². The fourth-order valence-electron chi connectivity index (χ4n) is 2.44. The maximum absolute atomic E-state index is 12.8. The van der Waals surface area contributed by atoms with E-state index in [4.69, 9.17) is 11.6 Å². The quantitative estimate of drug-likeness (QED) is 0.783. The zero-order chi connectivity index (χ0) is 16.1. The topological polar surface area (TPSA) is 58.5 Å². The molecule has 2 aliphatic rings. The molecule has 1 aromatic carbocycles. The second-order valence-electron chi connectivity index (χ2n) is 5.04. The normalized spacial score (nSPS) is 20.5. The zero-order valence-corrected chi connectivity index (χ0v) is 12.6. The molecule has 118 valence electrons. The fourth-order valence-corrected chi connectivity index (χ4v) is 3.92. The van der Waals surface area contributed by atoms with Crippen molar-refractivity contribution < 1.29 is 21.6 Å². The predicted octanol–water partition coefficient (Wildman–Crippen LogP) is 3.84. The smallest absolute Gasteiger partial charge is 0.342 e. The second-order valence-corrected chi connectivity index (χ2v) is 7.02. The van der Waals surface area contributed by atoms with Crippen LogP contribution in [0.4, 0.5) is 18.9 Å². The van der Waals surface area contributed by atoms with Crippen molar-refractivity contribution in [3.05, 3.63) is 34.9 Å². The van der Waals surface area contributed by atoms with E-state index in [1.165, 1.54) is 0 Å². The standard InChI is InChI=1S/C13H10ClF3N2O2S/c14-9-6-10-11(5-8(9)13(15,16)17)22(20,21)19-12(18-10)7-3-1-2-4-7/h1-2,5-7H,3-4H2,(H,18,19). The summed E-state index contributed by atoms with van der Waals surface area (Å²) in [6.07, 6.45) is 0.324. The molecule has 1 aliphatic carbocycles. The highest BCUT2D eigenvalue weighted by Gasteiger charge is 2.37. The van der Waals surface area contributed by atoms with Gasteiger partial charge >= 0.3 is 6.18 Å². The van der Waals surface area contributed by atoms with Crippen LogP contribution >= 0.6 is 11.6 Å². The summed E-state index contributed by atoms with van der Waals surface area (Å²) in [5.74, 6) is 0.109. The van der Waals surface area contributed by atoms with Gasteiger partial charge in [0.05, 0.1) is 16.3 Å². The van der Waals surface area contributed by atoms with Gasteiger partial charge in [-0.25, -0.2) is 0 Å². The van der Waals surface area contributed by atoms with Gasteiger partial charge in [-0.2, -0.15) is 21.6 Å². The molecule has 0 unspecified atom stereocenters. The van der Waals surface area contributed by atoms with Gasteiger partial charge < -0.3 is 5.32 Å². The highest BCUT2D eigenvalue weighted by molar-refractivity contribution is 7.90. The van der Waals surface area contributed by atoms with E-state index in [1.807, 2.05) is 12.2 Å². The number of hydrogen-bond donors (Lipinski definition) is 1. The zero-order valence-electron chi connectivity index (χ0n) is 11.0. The average Bonchev–Trinajstić information content (AvgIpc) is 2.89. The largest absolute Gasteiger partial charge is 0.417 e. The number of anilines is 1. The van der Waals surface area contributed by atoms with E-state index >= 15 is 0 Å². The van der Waals surface area contributed by atoms with Crippen LogP contribution in [0.5, 0.6) is 0 Å². The van der Waals surface area contributed by atoms with E-state index in [-0.39, 0.29) is 17.4 Å². The van der Waals surface area contributed by atoms with Crippen molar-refractivity contribution in [2.24, 2.45) is 10.3 Å². The SMILES string of the molecule is O=S1(=O)N=C(C2CC=CC2)Nc2cc(Cl)c(C(F)(F)F)cc21. The Bertz CT molecular complexity index is 792. The molecule has 0 radical (unpaired) electrons. The molecule has 0 saturated carbocycles. The monoisotopic (exact) mass is 350 g/mol. The molecule has 0 saturated heterocycles. The number of benzene rings is 1. The van der Waals surface area contributed by atoms with Crippen LogP contribution in [-0.2, 0) is 16.2 Å². The van der Waals surface area contributed by atoms with Crippen LogP contribution in [0, 0.1) is 5.92 Å². The number of fused-ring (bicyclic) bond motifs is 1. The average molecular weight is 351 g/mol. The third-order valence-electron chi connectivity index (χ3n) is 3.53. The van der Waals surface area contributed by atoms with E-state index in [9.17, 15) is 21.6 Å². The van der Waals surface area contributed by atoms with Gasteiger partial charge in [-0.1, -0.05) is 23.8 Å². The van der Waals surface area contributed by atoms with Crippen LogP contribution in [0.2, 0.25) is 5.02 Å².